The molecule has 4 amide bonds. The summed E-state index contributed by atoms with van der Waals surface area (Å²) in [5.74, 6) is 0.428. The Balaban J connectivity index is 1.58. The van der Waals surface area contributed by atoms with Gasteiger partial charge in [0, 0.05) is 38.3 Å². The number of amides is 4. The highest BCUT2D eigenvalue weighted by Gasteiger charge is 2.25. The molecule has 3 N–H and O–H groups in total. The first kappa shape index (κ1) is 18.8. The van der Waals surface area contributed by atoms with E-state index in [2.05, 4.69) is 16.0 Å². The summed E-state index contributed by atoms with van der Waals surface area (Å²) in [5.41, 5.74) is -0.212. The van der Waals surface area contributed by atoms with Crippen molar-refractivity contribution < 1.29 is 14.3 Å². The van der Waals surface area contributed by atoms with Crippen LogP contribution in [0.4, 0.5) is 9.59 Å². The van der Waals surface area contributed by atoms with Crippen molar-refractivity contribution in [1.82, 2.24) is 20.9 Å². The minimum atomic E-state index is -0.212. The molecule has 0 radical (unpaired) electrons. The van der Waals surface area contributed by atoms with Gasteiger partial charge in [-0.25, -0.2) is 9.59 Å². The van der Waals surface area contributed by atoms with E-state index < -0.39 is 0 Å². The van der Waals surface area contributed by atoms with Crippen LogP contribution in [-0.2, 0) is 4.74 Å². The number of rotatable bonds is 4. The average molecular weight is 340 g/mol. The maximum Gasteiger partial charge on any atom is 0.317 e. The van der Waals surface area contributed by atoms with Gasteiger partial charge in [0.25, 0.3) is 0 Å². The zero-order chi connectivity index (χ0) is 17.6. The number of nitrogens with one attached hydrogen (secondary N) is 3. The third-order valence-electron chi connectivity index (χ3n) is 4.45. The molecule has 0 aromatic rings. The van der Waals surface area contributed by atoms with Gasteiger partial charge in [0.1, 0.15) is 0 Å². The summed E-state index contributed by atoms with van der Waals surface area (Å²) in [6.07, 6.45) is 4.11. The number of ether oxygens (including phenoxy) is 1. The van der Waals surface area contributed by atoms with Crippen molar-refractivity contribution in [1.29, 1.82) is 0 Å². The second-order valence-corrected chi connectivity index (χ2v) is 7.84. The van der Waals surface area contributed by atoms with E-state index in [0.717, 1.165) is 45.4 Å². The number of piperidine rings is 1. The molecular formula is C17H32N4O3. The van der Waals surface area contributed by atoms with Gasteiger partial charge in [0.2, 0.25) is 0 Å². The first-order chi connectivity index (χ1) is 11.3. The number of urea groups is 2. The maximum atomic E-state index is 12.1. The first-order valence-electron chi connectivity index (χ1n) is 9.04. The molecule has 2 aliphatic rings. The normalized spacial score (nSPS) is 22.3. The van der Waals surface area contributed by atoms with Crippen LogP contribution in [0.2, 0.25) is 0 Å². The molecule has 0 saturated carbocycles. The summed E-state index contributed by atoms with van der Waals surface area (Å²) in [4.78, 5) is 25.8. The van der Waals surface area contributed by atoms with Crippen LogP contribution < -0.4 is 16.0 Å². The van der Waals surface area contributed by atoms with Crippen LogP contribution in [0, 0.1) is 5.92 Å². The van der Waals surface area contributed by atoms with Crippen molar-refractivity contribution in [3.05, 3.63) is 0 Å². The Hall–Kier alpha value is -1.50. The maximum absolute atomic E-state index is 12.1. The Kier molecular flexibility index (Phi) is 6.71. The van der Waals surface area contributed by atoms with Crippen LogP contribution in [0.15, 0.2) is 0 Å². The molecule has 0 aromatic heterocycles. The van der Waals surface area contributed by atoms with E-state index in [1.54, 1.807) is 0 Å². The summed E-state index contributed by atoms with van der Waals surface area (Å²) >= 11 is 0. The lowest BCUT2D eigenvalue weighted by Crippen LogP contribution is -2.51. The van der Waals surface area contributed by atoms with Gasteiger partial charge < -0.3 is 25.6 Å². The number of carbonyl (C=O) groups excluding carboxylic acids is 2. The minimum Gasteiger partial charge on any atom is -0.376 e. The van der Waals surface area contributed by atoms with Crippen LogP contribution >= 0.6 is 0 Å². The van der Waals surface area contributed by atoms with Gasteiger partial charge in [-0.1, -0.05) is 0 Å². The number of likely N-dealkylation sites (tertiary alicyclic amines) is 1. The number of hydrogen-bond donors (Lipinski definition) is 3. The predicted octanol–water partition coefficient (Wildman–Crippen LogP) is 1.68. The zero-order valence-electron chi connectivity index (χ0n) is 15.2. The minimum absolute atomic E-state index is 0.00298. The molecule has 2 heterocycles. The van der Waals surface area contributed by atoms with E-state index in [-0.39, 0.29) is 23.7 Å². The van der Waals surface area contributed by atoms with Crippen molar-refractivity contribution in [2.24, 2.45) is 5.92 Å². The molecule has 2 rings (SSSR count). The Morgan fingerprint density at radius 3 is 2.33 bits per heavy atom. The highest BCUT2D eigenvalue weighted by atomic mass is 16.5. The fraction of sp³-hybridized carbons (Fsp3) is 0.882. The first-order valence-corrected chi connectivity index (χ1v) is 9.04. The fourth-order valence-corrected chi connectivity index (χ4v) is 3.05. The van der Waals surface area contributed by atoms with Gasteiger partial charge in [0.05, 0.1) is 6.10 Å². The van der Waals surface area contributed by atoms with Gasteiger partial charge >= 0.3 is 12.1 Å². The molecule has 138 valence electrons. The molecule has 0 aliphatic carbocycles. The van der Waals surface area contributed by atoms with Crippen molar-refractivity contribution in [3.8, 4) is 0 Å². The van der Waals surface area contributed by atoms with Crippen molar-refractivity contribution in [2.75, 3.05) is 32.8 Å². The highest BCUT2D eigenvalue weighted by Crippen LogP contribution is 2.17. The SMILES string of the molecule is CC(C)(C)NC(=O)N1CCC(CNC(=O)NCC2CCCO2)CC1. The van der Waals surface area contributed by atoms with Crippen molar-refractivity contribution >= 4 is 12.1 Å². The lowest BCUT2D eigenvalue weighted by Gasteiger charge is -2.34. The van der Waals surface area contributed by atoms with E-state index in [1.165, 1.54) is 0 Å². The molecule has 1 atom stereocenters. The van der Waals surface area contributed by atoms with Crippen LogP contribution in [0.5, 0.6) is 0 Å². The Bertz CT molecular complexity index is 422. The van der Waals surface area contributed by atoms with Crippen LogP contribution in [0.25, 0.3) is 0 Å². The summed E-state index contributed by atoms with van der Waals surface area (Å²) in [6, 6.07) is -0.123. The largest absolute Gasteiger partial charge is 0.376 e. The summed E-state index contributed by atoms with van der Waals surface area (Å²) in [7, 11) is 0. The lowest BCUT2D eigenvalue weighted by molar-refractivity contribution is 0.111. The van der Waals surface area contributed by atoms with E-state index in [0.29, 0.717) is 19.0 Å². The Morgan fingerprint density at radius 1 is 1.08 bits per heavy atom. The second kappa shape index (κ2) is 8.55. The molecule has 2 fully saturated rings. The van der Waals surface area contributed by atoms with Gasteiger partial charge in [0.15, 0.2) is 0 Å². The standard InChI is InChI=1S/C17H32N4O3/c1-17(2,3)20-16(23)21-8-6-13(7-9-21)11-18-15(22)19-12-14-5-4-10-24-14/h13-14H,4-12H2,1-3H3,(H,20,23)(H2,18,19,22). The summed E-state index contributed by atoms with van der Waals surface area (Å²) in [6.45, 7) is 9.47. The summed E-state index contributed by atoms with van der Waals surface area (Å²) < 4.78 is 5.48. The van der Waals surface area contributed by atoms with E-state index in [4.69, 9.17) is 4.74 Å². The second-order valence-electron chi connectivity index (χ2n) is 7.84. The number of carbonyl (C=O) groups is 2. The van der Waals surface area contributed by atoms with E-state index >= 15 is 0 Å². The number of nitrogens with zero attached hydrogens (tertiary/aromatic N) is 1. The Labute approximate surface area is 144 Å². The van der Waals surface area contributed by atoms with Gasteiger partial charge in [-0.2, -0.15) is 0 Å². The third kappa shape index (κ3) is 6.55. The molecule has 2 aliphatic heterocycles. The molecule has 7 heteroatoms. The molecule has 0 spiro atoms. The molecule has 0 aromatic carbocycles. The highest BCUT2D eigenvalue weighted by molar-refractivity contribution is 5.75. The quantitative estimate of drug-likeness (QED) is 0.728. The monoisotopic (exact) mass is 340 g/mol. The molecule has 24 heavy (non-hydrogen) atoms. The molecular weight excluding hydrogens is 308 g/mol. The van der Waals surface area contributed by atoms with Gasteiger partial charge in [-0.15, -0.1) is 0 Å². The topological polar surface area (TPSA) is 82.7 Å². The average Bonchev–Trinajstić information content (AvgIpc) is 3.03. The molecule has 2 saturated heterocycles. The van der Waals surface area contributed by atoms with Crippen LogP contribution in [-0.4, -0.2) is 61.4 Å². The van der Waals surface area contributed by atoms with Crippen LogP contribution in [0.3, 0.4) is 0 Å². The van der Waals surface area contributed by atoms with E-state index in [1.807, 2.05) is 25.7 Å². The van der Waals surface area contributed by atoms with Crippen LogP contribution in [0.1, 0.15) is 46.5 Å². The zero-order valence-corrected chi connectivity index (χ0v) is 15.2. The molecule has 0 bridgehead atoms. The number of hydrogen-bond acceptors (Lipinski definition) is 3. The fourth-order valence-electron chi connectivity index (χ4n) is 3.05. The third-order valence-corrected chi connectivity index (χ3v) is 4.45. The van der Waals surface area contributed by atoms with Crippen molar-refractivity contribution in [2.45, 2.75) is 58.1 Å². The lowest BCUT2D eigenvalue weighted by atomic mass is 9.97. The van der Waals surface area contributed by atoms with Gasteiger partial charge in [-0.3, -0.25) is 0 Å². The van der Waals surface area contributed by atoms with Crippen molar-refractivity contribution in [3.63, 3.8) is 0 Å². The molecule has 1 unspecified atom stereocenters. The molecule has 7 nitrogen and oxygen atoms in total. The predicted molar refractivity (Wildman–Crippen MR) is 93.0 cm³/mol. The smallest absolute Gasteiger partial charge is 0.317 e. The van der Waals surface area contributed by atoms with Gasteiger partial charge in [-0.05, 0) is 52.4 Å². The van der Waals surface area contributed by atoms with E-state index in [9.17, 15) is 9.59 Å². The Morgan fingerprint density at radius 2 is 1.75 bits per heavy atom. The summed E-state index contributed by atoms with van der Waals surface area (Å²) in [5, 5.41) is 8.79.